The van der Waals surface area contributed by atoms with E-state index in [0.29, 0.717) is 28.8 Å². The molecule has 0 radical (unpaired) electrons. The number of methoxy groups -OCH3 is 1. The average molecular weight is 384 g/mol. The van der Waals surface area contributed by atoms with Gasteiger partial charge < -0.3 is 14.2 Å². The van der Waals surface area contributed by atoms with Crippen LogP contribution in [0.15, 0.2) is 53.1 Å². The number of aromatic nitrogens is 2. The van der Waals surface area contributed by atoms with Crippen molar-refractivity contribution in [1.82, 2.24) is 15.0 Å². The Morgan fingerprint density at radius 3 is 2.93 bits per heavy atom. The number of hydrogen-bond donors (Lipinski definition) is 0. The van der Waals surface area contributed by atoms with Crippen molar-refractivity contribution in [1.29, 1.82) is 0 Å². The summed E-state index contributed by atoms with van der Waals surface area (Å²) in [6.45, 7) is 0.631. The largest absolute Gasteiger partial charge is 0.497 e. The van der Waals surface area contributed by atoms with Crippen molar-refractivity contribution in [2.24, 2.45) is 0 Å². The van der Waals surface area contributed by atoms with E-state index in [1.807, 2.05) is 24.3 Å². The highest BCUT2D eigenvalue weighted by Crippen LogP contribution is 2.34. The van der Waals surface area contributed by atoms with Crippen LogP contribution < -0.4 is 4.74 Å². The van der Waals surface area contributed by atoms with Gasteiger partial charge in [-0.15, -0.1) is 0 Å². The van der Waals surface area contributed by atoms with Crippen LogP contribution in [0.1, 0.15) is 35.1 Å². The summed E-state index contributed by atoms with van der Waals surface area (Å²) < 4.78 is 10.7. The van der Waals surface area contributed by atoms with Crippen LogP contribution in [0.4, 0.5) is 0 Å². The van der Waals surface area contributed by atoms with Gasteiger partial charge in [0.05, 0.1) is 17.7 Å². The fraction of sp³-hybridized carbons (Fsp3) is 0.250. The maximum absolute atomic E-state index is 12.9. The van der Waals surface area contributed by atoms with E-state index >= 15 is 0 Å². The van der Waals surface area contributed by atoms with E-state index in [4.69, 9.17) is 20.9 Å². The molecular formula is C20H18ClN3O3. The van der Waals surface area contributed by atoms with Gasteiger partial charge in [0.15, 0.2) is 0 Å². The second kappa shape index (κ2) is 7.40. The molecule has 3 aromatic rings. The van der Waals surface area contributed by atoms with Gasteiger partial charge in [0.25, 0.3) is 5.91 Å². The van der Waals surface area contributed by atoms with Crippen molar-refractivity contribution in [3.63, 3.8) is 0 Å². The van der Waals surface area contributed by atoms with Gasteiger partial charge in [-0.3, -0.25) is 4.79 Å². The maximum Gasteiger partial charge on any atom is 0.256 e. The molecule has 1 atom stereocenters. The van der Waals surface area contributed by atoms with Crippen LogP contribution in [-0.2, 0) is 0 Å². The third-order valence-electron chi connectivity index (χ3n) is 4.67. The number of carbonyl (C=O) groups excluding carboxylic acids is 1. The summed E-state index contributed by atoms with van der Waals surface area (Å²) in [5, 5.41) is 4.53. The molecule has 138 valence electrons. The second-order valence-electron chi connectivity index (χ2n) is 6.32. The van der Waals surface area contributed by atoms with Crippen molar-refractivity contribution in [3.05, 3.63) is 65.0 Å². The topological polar surface area (TPSA) is 68.5 Å². The summed E-state index contributed by atoms with van der Waals surface area (Å²) in [4.78, 5) is 19.2. The molecule has 2 heterocycles. The van der Waals surface area contributed by atoms with Gasteiger partial charge in [0.2, 0.25) is 11.7 Å². The quantitative estimate of drug-likeness (QED) is 0.668. The van der Waals surface area contributed by atoms with Gasteiger partial charge in [-0.25, -0.2) is 0 Å². The summed E-state index contributed by atoms with van der Waals surface area (Å²) >= 11 is 6.19. The molecule has 1 amide bonds. The standard InChI is InChI=1S/C20H18ClN3O3/c1-26-14-7-4-6-13(12-14)18-22-19(27-23-18)17-10-5-11-24(17)20(25)15-8-2-3-9-16(15)21/h2-4,6-9,12,17H,5,10-11H2,1H3. The van der Waals surface area contributed by atoms with Crippen molar-refractivity contribution >= 4 is 17.5 Å². The van der Waals surface area contributed by atoms with E-state index in [1.54, 1.807) is 36.3 Å². The van der Waals surface area contributed by atoms with E-state index in [0.717, 1.165) is 24.2 Å². The molecule has 1 saturated heterocycles. The predicted molar refractivity (Wildman–Crippen MR) is 101 cm³/mol. The van der Waals surface area contributed by atoms with Gasteiger partial charge in [0, 0.05) is 12.1 Å². The first-order chi connectivity index (χ1) is 13.2. The zero-order valence-electron chi connectivity index (χ0n) is 14.8. The molecule has 0 bridgehead atoms. The van der Waals surface area contributed by atoms with Crippen LogP contribution in [0, 0.1) is 0 Å². The van der Waals surface area contributed by atoms with Gasteiger partial charge >= 0.3 is 0 Å². The van der Waals surface area contributed by atoms with Crippen molar-refractivity contribution in [3.8, 4) is 17.1 Å². The zero-order chi connectivity index (χ0) is 18.8. The monoisotopic (exact) mass is 383 g/mol. The Bertz CT molecular complexity index is 972. The van der Waals surface area contributed by atoms with Gasteiger partial charge in [0.1, 0.15) is 11.8 Å². The molecule has 2 aromatic carbocycles. The Labute approximate surface area is 161 Å². The van der Waals surface area contributed by atoms with E-state index in [2.05, 4.69) is 10.1 Å². The molecule has 0 aliphatic carbocycles. The minimum Gasteiger partial charge on any atom is -0.497 e. The van der Waals surface area contributed by atoms with Gasteiger partial charge in [-0.1, -0.05) is 41.0 Å². The molecular weight excluding hydrogens is 366 g/mol. The van der Waals surface area contributed by atoms with Crippen LogP contribution in [0.5, 0.6) is 5.75 Å². The lowest BCUT2D eigenvalue weighted by atomic mass is 10.1. The predicted octanol–water partition coefficient (Wildman–Crippen LogP) is 4.38. The fourth-order valence-corrected chi connectivity index (χ4v) is 3.52. The molecule has 4 rings (SSSR count). The molecule has 1 aliphatic heterocycles. The molecule has 7 heteroatoms. The molecule has 0 saturated carbocycles. The number of amides is 1. The van der Waals surface area contributed by atoms with Crippen LogP contribution in [0.25, 0.3) is 11.4 Å². The summed E-state index contributed by atoms with van der Waals surface area (Å²) in [5.41, 5.74) is 1.28. The zero-order valence-corrected chi connectivity index (χ0v) is 15.5. The van der Waals surface area contributed by atoms with Crippen molar-refractivity contribution in [2.75, 3.05) is 13.7 Å². The van der Waals surface area contributed by atoms with E-state index in [1.165, 1.54) is 0 Å². The Balaban J connectivity index is 1.60. The third kappa shape index (κ3) is 3.40. The summed E-state index contributed by atoms with van der Waals surface area (Å²) in [7, 11) is 1.61. The summed E-state index contributed by atoms with van der Waals surface area (Å²) in [6.07, 6.45) is 1.65. The van der Waals surface area contributed by atoms with Crippen LogP contribution in [0.2, 0.25) is 5.02 Å². The Morgan fingerprint density at radius 2 is 2.11 bits per heavy atom. The number of halogens is 1. The van der Waals surface area contributed by atoms with E-state index < -0.39 is 0 Å². The molecule has 27 heavy (non-hydrogen) atoms. The molecule has 1 aromatic heterocycles. The molecule has 1 unspecified atom stereocenters. The Kier molecular flexibility index (Phi) is 4.81. The minimum absolute atomic E-state index is 0.121. The summed E-state index contributed by atoms with van der Waals surface area (Å²) in [5.74, 6) is 1.51. The Morgan fingerprint density at radius 1 is 1.26 bits per heavy atom. The number of hydrogen-bond acceptors (Lipinski definition) is 5. The lowest BCUT2D eigenvalue weighted by molar-refractivity contribution is 0.0710. The van der Waals surface area contributed by atoms with Gasteiger partial charge in [-0.2, -0.15) is 4.98 Å². The van der Waals surface area contributed by atoms with Gasteiger partial charge in [-0.05, 0) is 37.1 Å². The third-order valence-corrected chi connectivity index (χ3v) is 5.00. The second-order valence-corrected chi connectivity index (χ2v) is 6.73. The highest BCUT2D eigenvalue weighted by molar-refractivity contribution is 6.33. The number of nitrogens with zero attached hydrogens (tertiary/aromatic N) is 3. The van der Waals surface area contributed by atoms with Crippen molar-refractivity contribution in [2.45, 2.75) is 18.9 Å². The molecule has 1 aliphatic rings. The fourth-order valence-electron chi connectivity index (χ4n) is 3.31. The number of rotatable bonds is 4. The first-order valence-electron chi connectivity index (χ1n) is 8.71. The number of ether oxygens (including phenoxy) is 1. The Hall–Kier alpha value is -2.86. The SMILES string of the molecule is COc1cccc(-c2noc(C3CCCN3C(=O)c3ccccc3Cl)n2)c1. The minimum atomic E-state index is -0.249. The molecule has 6 nitrogen and oxygen atoms in total. The smallest absolute Gasteiger partial charge is 0.256 e. The first-order valence-corrected chi connectivity index (χ1v) is 9.08. The van der Waals surface area contributed by atoms with Crippen LogP contribution >= 0.6 is 11.6 Å². The number of likely N-dealkylation sites (tertiary alicyclic amines) is 1. The highest BCUT2D eigenvalue weighted by atomic mass is 35.5. The summed E-state index contributed by atoms with van der Waals surface area (Å²) in [6, 6.07) is 14.3. The van der Waals surface area contributed by atoms with Crippen LogP contribution in [0.3, 0.4) is 0 Å². The lowest BCUT2D eigenvalue weighted by Crippen LogP contribution is -2.30. The molecule has 0 N–H and O–H groups in total. The normalized spacial score (nSPS) is 16.5. The molecule has 0 spiro atoms. The molecule has 1 fully saturated rings. The average Bonchev–Trinajstić information content (AvgIpc) is 3.37. The van der Waals surface area contributed by atoms with E-state index in [-0.39, 0.29) is 11.9 Å². The van der Waals surface area contributed by atoms with Crippen molar-refractivity contribution < 1.29 is 14.1 Å². The maximum atomic E-state index is 12.9. The van der Waals surface area contributed by atoms with Crippen LogP contribution in [-0.4, -0.2) is 34.6 Å². The number of benzene rings is 2. The first kappa shape index (κ1) is 17.5. The lowest BCUT2D eigenvalue weighted by Gasteiger charge is -2.22. The highest BCUT2D eigenvalue weighted by Gasteiger charge is 2.35. The number of carbonyl (C=O) groups is 1. The van der Waals surface area contributed by atoms with E-state index in [9.17, 15) is 4.79 Å².